The monoisotopic (exact) mass is 274 g/mol. The van der Waals surface area contributed by atoms with Crippen LogP contribution in [0.25, 0.3) is 0 Å². The van der Waals surface area contributed by atoms with Crippen molar-refractivity contribution in [3.8, 4) is 0 Å². The van der Waals surface area contributed by atoms with Gasteiger partial charge in [-0.15, -0.1) is 11.3 Å². The minimum Gasteiger partial charge on any atom is -0.311 e. The van der Waals surface area contributed by atoms with Crippen LogP contribution in [0.4, 0.5) is 0 Å². The number of thiazole rings is 1. The molecule has 1 aliphatic heterocycles. The lowest BCUT2D eigenvalue weighted by atomic mass is 10.0. The maximum Gasteiger partial charge on any atom is 0.134 e. The van der Waals surface area contributed by atoms with Crippen molar-refractivity contribution >= 4 is 11.3 Å². The Hall–Kier alpha value is -1.33. The van der Waals surface area contributed by atoms with Gasteiger partial charge in [-0.05, 0) is 31.9 Å². The van der Waals surface area contributed by atoms with Crippen LogP contribution in [0.15, 0.2) is 5.38 Å². The summed E-state index contributed by atoms with van der Waals surface area (Å²) in [4.78, 5) is 13.9. The van der Waals surface area contributed by atoms with Gasteiger partial charge in [0.15, 0.2) is 0 Å². The zero-order valence-corrected chi connectivity index (χ0v) is 12.2. The van der Waals surface area contributed by atoms with Crippen molar-refractivity contribution in [1.82, 2.24) is 20.3 Å². The van der Waals surface area contributed by atoms with E-state index in [0.29, 0.717) is 0 Å². The summed E-state index contributed by atoms with van der Waals surface area (Å²) in [6.45, 7) is 6.10. The molecule has 4 nitrogen and oxygen atoms in total. The fourth-order valence-electron chi connectivity index (χ4n) is 2.52. The SMILES string of the molecule is CCc1nc(Cc2csc(C)n2)nc2c1CCNC2. The highest BCUT2D eigenvalue weighted by atomic mass is 32.1. The van der Waals surface area contributed by atoms with E-state index < -0.39 is 0 Å². The molecule has 3 rings (SSSR count). The topological polar surface area (TPSA) is 50.7 Å². The molecule has 100 valence electrons. The lowest BCUT2D eigenvalue weighted by molar-refractivity contribution is 0.609. The molecule has 0 spiro atoms. The molecule has 0 amide bonds. The van der Waals surface area contributed by atoms with Crippen molar-refractivity contribution in [2.75, 3.05) is 6.54 Å². The molecule has 1 aliphatic rings. The smallest absolute Gasteiger partial charge is 0.134 e. The third kappa shape index (κ3) is 2.67. The molecule has 0 atom stereocenters. The first kappa shape index (κ1) is 12.7. The second-order valence-electron chi connectivity index (χ2n) is 4.83. The highest BCUT2D eigenvalue weighted by molar-refractivity contribution is 7.09. The van der Waals surface area contributed by atoms with Gasteiger partial charge in [-0.25, -0.2) is 15.0 Å². The number of fused-ring (bicyclic) bond motifs is 1. The number of aryl methyl sites for hydroxylation is 2. The van der Waals surface area contributed by atoms with Crippen LogP contribution in [-0.4, -0.2) is 21.5 Å². The van der Waals surface area contributed by atoms with Gasteiger partial charge in [0.05, 0.1) is 22.8 Å². The van der Waals surface area contributed by atoms with Gasteiger partial charge < -0.3 is 5.32 Å². The third-order valence-corrected chi connectivity index (χ3v) is 4.23. The Kier molecular flexibility index (Phi) is 3.57. The minimum atomic E-state index is 0.741. The van der Waals surface area contributed by atoms with Crippen molar-refractivity contribution in [2.24, 2.45) is 0 Å². The molecule has 2 aromatic heterocycles. The van der Waals surface area contributed by atoms with E-state index in [1.165, 1.54) is 17.0 Å². The zero-order chi connectivity index (χ0) is 13.2. The predicted octanol–water partition coefficient (Wildman–Crippen LogP) is 2.04. The summed E-state index contributed by atoms with van der Waals surface area (Å²) in [6, 6.07) is 0. The number of hydrogen-bond donors (Lipinski definition) is 1. The van der Waals surface area contributed by atoms with Crippen molar-refractivity contribution in [2.45, 2.75) is 39.7 Å². The van der Waals surface area contributed by atoms with Crippen LogP contribution >= 0.6 is 11.3 Å². The fourth-order valence-corrected chi connectivity index (χ4v) is 3.13. The first-order chi connectivity index (χ1) is 9.26. The van der Waals surface area contributed by atoms with Gasteiger partial charge in [0.25, 0.3) is 0 Å². The summed E-state index contributed by atoms with van der Waals surface area (Å²) < 4.78 is 0. The van der Waals surface area contributed by atoms with Crippen molar-refractivity contribution in [3.05, 3.63) is 38.9 Å². The first-order valence-corrected chi connectivity index (χ1v) is 7.63. The second-order valence-corrected chi connectivity index (χ2v) is 5.89. The Balaban J connectivity index is 1.93. The van der Waals surface area contributed by atoms with Crippen LogP contribution in [-0.2, 0) is 25.8 Å². The van der Waals surface area contributed by atoms with Gasteiger partial charge in [-0.1, -0.05) is 6.92 Å². The van der Waals surface area contributed by atoms with Crippen LogP contribution < -0.4 is 5.32 Å². The van der Waals surface area contributed by atoms with Crippen LogP contribution in [0, 0.1) is 6.92 Å². The number of nitrogens with zero attached hydrogens (tertiary/aromatic N) is 3. The van der Waals surface area contributed by atoms with E-state index in [9.17, 15) is 0 Å². The molecule has 0 saturated carbocycles. The maximum atomic E-state index is 4.73. The average Bonchev–Trinajstić information content (AvgIpc) is 2.83. The molecule has 0 unspecified atom stereocenters. The summed E-state index contributed by atoms with van der Waals surface area (Å²) in [6.07, 6.45) is 2.77. The molecule has 0 bridgehead atoms. The van der Waals surface area contributed by atoms with Crippen molar-refractivity contribution in [1.29, 1.82) is 0 Å². The summed E-state index contributed by atoms with van der Waals surface area (Å²) in [5.74, 6) is 0.907. The second kappa shape index (κ2) is 5.35. The summed E-state index contributed by atoms with van der Waals surface area (Å²) in [5.41, 5.74) is 4.83. The quantitative estimate of drug-likeness (QED) is 0.930. The van der Waals surface area contributed by atoms with E-state index >= 15 is 0 Å². The van der Waals surface area contributed by atoms with Crippen molar-refractivity contribution in [3.63, 3.8) is 0 Å². The standard InChI is InChI=1S/C14H18N4S/c1-3-12-11-4-5-15-7-13(11)18-14(17-12)6-10-8-19-9(2)16-10/h8,15H,3-7H2,1-2H3. The molecular weight excluding hydrogens is 256 g/mol. The molecule has 0 fully saturated rings. The highest BCUT2D eigenvalue weighted by Gasteiger charge is 2.16. The van der Waals surface area contributed by atoms with E-state index in [1.807, 2.05) is 6.92 Å². The van der Waals surface area contributed by atoms with Crippen LogP contribution in [0.5, 0.6) is 0 Å². The van der Waals surface area contributed by atoms with Gasteiger partial charge in [-0.2, -0.15) is 0 Å². The number of aromatic nitrogens is 3. The molecule has 5 heteroatoms. The van der Waals surface area contributed by atoms with Gasteiger partial charge in [0.1, 0.15) is 5.82 Å². The van der Waals surface area contributed by atoms with Gasteiger partial charge in [-0.3, -0.25) is 0 Å². The molecule has 0 aromatic carbocycles. The molecule has 0 saturated heterocycles. The average molecular weight is 274 g/mol. The Morgan fingerprint density at radius 3 is 2.95 bits per heavy atom. The number of nitrogens with one attached hydrogen (secondary N) is 1. The fraction of sp³-hybridized carbons (Fsp3) is 0.500. The summed E-state index contributed by atoms with van der Waals surface area (Å²) >= 11 is 1.68. The lowest BCUT2D eigenvalue weighted by Crippen LogP contribution is -2.27. The lowest BCUT2D eigenvalue weighted by Gasteiger charge is -2.19. The zero-order valence-electron chi connectivity index (χ0n) is 11.4. The molecule has 1 N–H and O–H groups in total. The minimum absolute atomic E-state index is 0.741. The predicted molar refractivity (Wildman–Crippen MR) is 76.5 cm³/mol. The Labute approximate surface area is 117 Å². The van der Waals surface area contributed by atoms with Gasteiger partial charge in [0, 0.05) is 17.6 Å². The maximum absolute atomic E-state index is 4.73. The summed E-state index contributed by atoms with van der Waals surface area (Å²) in [7, 11) is 0. The third-order valence-electron chi connectivity index (χ3n) is 3.41. The van der Waals surface area contributed by atoms with E-state index in [1.54, 1.807) is 11.3 Å². The Morgan fingerprint density at radius 1 is 1.32 bits per heavy atom. The Bertz CT molecular complexity index is 574. The molecule has 3 heterocycles. The molecule has 0 radical (unpaired) electrons. The number of rotatable bonds is 3. The van der Waals surface area contributed by atoms with Gasteiger partial charge in [0.2, 0.25) is 0 Å². The van der Waals surface area contributed by atoms with Crippen LogP contribution in [0.2, 0.25) is 0 Å². The van der Waals surface area contributed by atoms with E-state index in [0.717, 1.165) is 48.9 Å². The summed E-state index contributed by atoms with van der Waals surface area (Å²) in [5, 5.41) is 6.58. The molecule has 0 aliphatic carbocycles. The molecular formula is C14H18N4S. The molecule has 2 aromatic rings. The van der Waals surface area contributed by atoms with E-state index in [2.05, 4.69) is 22.6 Å². The van der Waals surface area contributed by atoms with Crippen LogP contribution in [0.1, 0.15) is 40.4 Å². The van der Waals surface area contributed by atoms with E-state index in [-0.39, 0.29) is 0 Å². The highest BCUT2D eigenvalue weighted by Crippen LogP contribution is 2.18. The number of hydrogen-bond acceptors (Lipinski definition) is 5. The molecule has 19 heavy (non-hydrogen) atoms. The Morgan fingerprint density at radius 2 is 2.21 bits per heavy atom. The first-order valence-electron chi connectivity index (χ1n) is 6.75. The van der Waals surface area contributed by atoms with E-state index in [4.69, 9.17) is 9.97 Å². The normalized spacial score (nSPS) is 14.4. The van der Waals surface area contributed by atoms with Crippen LogP contribution in [0.3, 0.4) is 0 Å². The van der Waals surface area contributed by atoms with Gasteiger partial charge >= 0.3 is 0 Å². The largest absolute Gasteiger partial charge is 0.311 e. The van der Waals surface area contributed by atoms with Crippen molar-refractivity contribution < 1.29 is 0 Å².